The Balaban J connectivity index is 3.33. The van der Waals surface area contributed by atoms with Crippen molar-refractivity contribution < 1.29 is 9.90 Å². The summed E-state index contributed by atoms with van der Waals surface area (Å²) in [5.74, 6) is -0.976. The van der Waals surface area contributed by atoms with E-state index in [1.807, 2.05) is 13.8 Å². The summed E-state index contributed by atoms with van der Waals surface area (Å²) in [6, 6.07) is 2.14. The van der Waals surface area contributed by atoms with Crippen molar-refractivity contribution in [3.8, 4) is 0 Å². The van der Waals surface area contributed by atoms with Gasteiger partial charge >= 0.3 is 5.97 Å². The fourth-order valence-corrected chi connectivity index (χ4v) is 1.66. The van der Waals surface area contributed by atoms with Crippen molar-refractivity contribution in [2.45, 2.75) is 27.7 Å². The highest BCUT2D eigenvalue weighted by atomic mass is 16.4. The molecule has 1 rings (SSSR count). The van der Waals surface area contributed by atoms with Crippen LogP contribution in [0, 0.1) is 27.7 Å². The molecule has 1 N–H and O–H groups in total. The highest BCUT2D eigenvalue weighted by Gasteiger charge is 2.04. The largest absolute Gasteiger partial charge is 0.478 e. The Morgan fingerprint density at radius 1 is 1.19 bits per heavy atom. The summed E-state index contributed by atoms with van der Waals surface area (Å²) in [6.45, 7) is 8.19. The molecule has 0 saturated heterocycles. The summed E-state index contributed by atoms with van der Waals surface area (Å²) in [4.78, 5) is 10.4. The second-order valence-corrected chi connectivity index (χ2v) is 3.97. The number of aryl methyl sites for hydroxylation is 2. The molecule has 0 heterocycles. The minimum atomic E-state index is -0.976. The molecule has 0 amide bonds. The summed E-state index contributed by atoms with van der Waals surface area (Å²) in [6.07, 6.45) is 2.76. The van der Waals surface area contributed by atoms with Gasteiger partial charge in [0.1, 0.15) is 0 Å². The zero-order valence-corrected chi connectivity index (χ0v) is 10.1. The van der Waals surface area contributed by atoms with Gasteiger partial charge in [0, 0.05) is 0 Å². The van der Waals surface area contributed by atoms with Gasteiger partial charge in [-0.2, -0.15) is 0 Å². The highest BCUT2D eigenvalue weighted by molar-refractivity contribution is 5.80. The third-order valence-corrected chi connectivity index (χ3v) is 2.86. The SMILES string of the molecule is Cc1cc(C)c(C)c(C=C=CC(=O)O)c1C. The number of carboxylic acids is 1. The molecule has 0 aliphatic rings. The molecule has 0 fully saturated rings. The Morgan fingerprint density at radius 3 is 2.12 bits per heavy atom. The zero-order valence-electron chi connectivity index (χ0n) is 10.1. The third kappa shape index (κ3) is 2.62. The second kappa shape index (κ2) is 4.82. The molecule has 84 valence electrons. The molecular formula is C14H16O2. The van der Waals surface area contributed by atoms with E-state index in [4.69, 9.17) is 5.11 Å². The van der Waals surface area contributed by atoms with E-state index in [2.05, 4.69) is 25.6 Å². The van der Waals surface area contributed by atoms with Crippen molar-refractivity contribution in [3.05, 3.63) is 45.7 Å². The first kappa shape index (κ1) is 12.3. The van der Waals surface area contributed by atoms with Gasteiger partial charge in [-0.15, -0.1) is 5.73 Å². The Labute approximate surface area is 95.9 Å². The zero-order chi connectivity index (χ0) is 12.3. The number of hydrogen-bond acceptors (Lipinski definition) is 1. The van der Waals surface area contributed by atoms with Crippen molar-refractivity contribution in [1.82, 2.24) is 0 Å². The predicted octanol–water partition coefficient (Wildman–Crippen LogP) is 3.17. The van der Waals surface area contributed by atoms with Crippen LogP contribution in [0.2, 0.25) is 0 Å². The number of rotatable bonds is 2. The molecular weight excluding hydrogens is 200 g/mol. The van der Waals surface area contributed by atoms with Crippen LogP contribution >= 0.6 is 0 Å². The number of hydrogen-bond donors (Lipinski definition) is 1. The van der Waals surface area contributed by atoms with Gasteiger partial charge in [0.2, 0.25) is 0 Å². The number of benzene rings is 1. The Bertz CT molecular complexity index is 464. The van der Waals surface area contributed by atoms with Gasteiger partial charge < -0.3 is 5.11 Å². The van der Waals surface area contributed by atoms with Crippen molar-refractivity contribution in [1.29, 1.82) is 0 Å². The smallest absolute Gasteiger partial charge is 0.336 e. The standard InChI is InChI=1S/C14H16O2/c1-9-8-10(2)12(4)13(11(9)3)6-5-7-14(15)16/h6-8H,1-4H3,(H,15,16). The lowest BCUT2D eigenvalue weighted by Gasteiger charge is -2.11. The first-order valence-corrected chi connectivity index (χ1v) is 5.16. The molecule has 1 aromatic rings. The van der Waals surface area contributed by atoms with E-state index in [9.17, 15) is 4.79 Å². The second-order valence-electron chi connectivity index (χ2n) is 3.97. The minimum absolute atomic E-state index is 0.976. The van der Waals surface area contributed by atoms with Crippen LogP contribution < -0.4 is 0 Å². The summed E-state index contributed by atoms with van der Waals surface area (Å²) < 4.78 is 0. The molecule has 0 aliphatic carbocycles. The average Bonchev–Trinajstić information content (AvgIpc) is 2.20. The lowest BCUT2D eigenvalue weighted by molar-refractivity contribution is -0.131. The van der Waals surface area contributed by atoms with E-state index in [1.165, 1.54) is 22.3 Å². The van der Waals surface area contributed by atoms with Crippen LogP contribution in [0.1, 0.15) is 27.8 Å². The van der Waals surface area contributed by atoms with E-state index in [0.29, 0.717) is 0 Å². The molecule has 0 bridgehead atoms. The summed E-state index contributed by atoms with van der Waals surface area (Å²) in [7, 11) is 0. The molecule has 2 heteroatoms. The summed E-state index contributed by atoms with van der Waals surface area (Å²) >= 11 is 0. The van der Waals surface area contributed by atoms with E-state index < -0.39 is 5.97 Å². The average molecular weight is 216 g/mol. The molecule has 0 atom stereocenters. The van der Waals surface area contributed by atoms with Gasteiger partial charge in [0.05, 0.1) is 6.08 Å². The monoisotopic (exact) mass is 216 g/mol. The number of carbonyl (C=O) groups is 1. The van der Waals surface area contributed by atoms with Crippen LogP contribution in [0.4, 0.5) is 0 Å². The maximum atomic E-state index is 10.4. The van der Waals surface area contributed by atoms with Crippen molar-refractivity contribution >= 4 is 12.0 Å². The van der Waals surface area contributed by atoms with Crippen LogP contribution in [0.3, 0.4) is 0 Å². The molecule has 0 radical (unpaired) electrons. The van der Waals surface area contributed by atoms with Crippen molar-refractivity contribution in [2.75, 3.05) is 0 Å². The molecule has 0 aliphatic heterocycles. The Morgan fingerprint density at radius 2 is 1.69 bits per heavy atom. The predicted molar refractivity (Wildman–Crippen MR) is 65.6 cm³/mol. The van der Waals surface area contributed by atoms with Crippen LogP contribution in [0.15, 0.2) is 17.9 Å². The van der Waals surface area contributed by atoms with E-state index >= 15 is 0 Å². The van der Waals surface area contributed by atoms with Crippen LogP contribution in [0.25, 0.3) is 6.08 Å². The van der Waals surface area contributed by atoms with E-state index in [0.717, 1.165) is 11.6 Å². The fourth-order valence-electron chi connectivity index (χ4n) is 1.66. The molecule has 2 nitrogen and oxygen atoms in total. The maximum Gasteiger partial charge on any atom is 0.336 e. The van der Waals surface area contributed by atoms with Gasteiger partial charge in [-0.05, 0) is 61.6 Å². The lowest BCUT2D eigenvalue weighted by atomic mass is 9.94. The molecule has 0 unspecified atom stereocenters. The molecule has 0 spiro atoms. The highest BCUT2D eigenvalue weighted by Crippen LogP contribution is 2.22. The number of carboxylic acid groups (broad SMARTS) is 1. The third-order valence-electron chi connectivity index (χ3n) is 2.86. The quantitative estimate of drug-likeness (QED) is 0.609. The van der Waals surface area contributed by atoms with Gasteiger partial charge in [0.15, 0.2) is 0 Å². The van der Waals surface area contributed by atoms with Gasteiger partial charge in [-0.1, -0.05) is 6.07 Å². The van der Waals surface area contributed by atoms with Crippen LogP contribution in [0.5, 0.6) is 0 Å². The van der Waals surface area contributed by atoms with Crippen LogP contribution in [-0.2, 0) is 4.79 Å². The summed E-state index contributed by atoms with van der Waals surface area (Å²) in [5, 5.41) is 8.50. The van der Waals surface area contributed by atoms with Crippen molar-refractivity contribution in [2.24, 2.45) is 0 Å². The molecule has 0 aromatic heterocycles. The minimum Gasteiger partial charge on any atom is -0.478 e. The Hall–Kier alpha value is -1.79. The first-order chi connectivity index (χ1) is 7.43. The first-order valence-electron chi connectivity index (χ1n) is 5.16. The molecule has 16 heavy (non-hydrogen) atoms. The van der Waals surface area contributed by atoms with E-state index in [-0.39, 0.29) is 0 Å². The molecule has 0 saturated carbocycles. The van der Waals surface area contributed by atoms with E-state index in [1.54, 1.807) is 6.08 Å². The maximum absolute atomic E-state index is 10.4. The van der Waals surface area contributed by atoms with Gasteiger partial charge in [-0.3, -0.25) is 0 Å². The summed E-state index contributed by atoms with van der Waals surface area (Å²) in [5.41, 5.74) is 8.53. The Kier molecular flexibility index (Phi) is 3.70. The van der Waals surface area contributed by atoms with Gasteiger partial charge in [-0.25, -0.2) is 4.79 Å². The van der Waals surface area contributed by atoms with Crippen molar-refractivity contribution in [3.63, 3.8) is 0 Å². The molecule has 1 aromatic carbocycles. The van der Waals surface area contributed by atoms with Crippen LogP contribution in [-0.4, -0.2) is 11.1 Å². The lowest BCUT2D eigenvalue weighted by Crippen LogP contribution is -1.93. The van der Waals surface area contributed by atoms with Gasteiger partial charge in [0.25, 0.3) is 0 Å². The fraction of sp³-hybridized carbons (Fsp3) is 0.286. The normalized spacial score (nSPS) is 9.50. The number of aliphatic carboxylic acids is 1. The topological polar surface area (TPSA) is 37.3 Å².